The lowest BCUT2D eigenvalue weighted by molar-refractivity contribution is -0.119. The van der Waals surface area contributed by atoms with Crippen molar-refractivity contribution < 1.29 is 9.53 Å². The van der Waals surface area contributed by atoms with Crippen molar-refractivity contribution in [3.8, 4) is 0 Å². The molecule has 0 unspecified atom stereocenters. The molecule has 0 bridgehead atoms. The lowest BCUT2D eigenvalue weighted by Crippen LogP contribution is -2.39. The predicted molar refractivity (Wildman–Crippen MR) is 89.2 cm³/mol. The number of guanidine groups is 1. The molecule has 0 saturated carbocycles. The van der Waals surface area contributed by atoms with Gasteiger partial charge in [-0.2, -0.15) is 0 Å². The van der Waals surface area contributed by atoms with E-state index in [9.17, 15) is 4.79 Å². The van der Waals surface area contributed by atoms with Crippen LogP contribution >= 0.6 is 24.0 Å². The molecule has 19 heavy (non-hydrogen) atoms. The van der Waals surface area contributed by atoms with Crippen molar-refractivity contribution in [1.82, 2.24) is 16.0 Å². The highest BCUT2D eigenvalue weighted by Crippen LogP contribution is 1.80. The van der Waals surface area contributed by atoms with E-state index in [0.717, 1.165) is 25.9 Å². The highest BCUT2D eigenvalue weighted by atomic mass is 127. The minimum absolute atomic E-state index is 0. The van der Waals surface area contributed by atoms with Gasteiger partial charge >= 0.3 is 0 Å². The number of hydrogen-bond acceptors (Lipinski definition) is 3. The smallest absolute Gasteiger partial charge is 0.241 e. The number of halogens is 1. The summed E-state index contributed by atoms with van der Waals surface area (Å²) in [7, 11) is 1.68. The van der Waals surface area contributed by atoms with Crippen molar-refractivity contribution in [3.05, 3.63) is 0 Å². The summed E-state index contributed by atoms with van der Waals surface area (Å²) < 4.78 is 4.96. The molecule has 0 rings (SSSR count). The molecule has 0 saturated heterocycles. The third-order valence-electron chi connectivity index (χ3n) is 2.11. The van der Waals surface area contributed by atoms with Crippen LogP contribution in [0.25, 0.3) is 0 Å². The molecule has 0 aliphatic heterocycles. The van der Waals surface area contributed by atoms with Gasteiger partial charge in [-0.1, -0.05) is 6.92 Å². The summed E-state index contributed by atoms with van der Waals surface area (Å²) in [6, 6.07) is 0. The summed E-state index contributed by atoms with van der Waals surface area (Å²) in [6.45, 7) is 7.12. The van der Waals surface area contributed by atoms with Gasteiger partial charge in [0.15, 0.2) is 5.96 Å². The van der Waals surface area contributed by atoms with Gasteiger partial charge in [0, 0.05) is 33.4 Å². The number of methoxy groups -OCH3 is 1. The quantitative estimate of drug-likeness (QED) is 0.236. The highest BCUT2D eigenvalue weighted by Gasteiger charge is 2.00. The van der Waals surface area contributed by atoms with Crippen molar-refractivity contribution in [3.63, 3.8) is 0 Å². The first-order chi connectivity index (χ1) is 8.74. The Morgan fingerprint density at radius 3 is 2.47 bits per heavy atom. The maximum atomic E-state index is 11.4. The topological polar surface area (TPSA) is 74.8 Å². The zero-order valence-electron chi connectivity index (χ0n) is 12.1. The molecule has 0 aliphatic carbocycles. The second-order valence-electron chi connectivity index (χ2n) is 3.82. The number of amides is 1. The van der Waals surface area contributed by atoms with E-state index in [-0.39, 0.29) is 36.4 Å². The Kier molecular flexibility index (Phi) is 16.9. The zero-order valence-corrected chi connectivity index (χ0v) is 14.5. The van der Waals surface area contributed by atoms with Crippen LogP contribution < -0.4 is 16.0 Å². The number of aliphatic imine (C=N–C) groups is 1. The summed E-state index contributed by atoms with van der Waals surface area (Å²) in [4.78, 5) is 15.6. The van der Waals surface area contributed by atoms with Gasteiger partial charge in [-0.3, -0.25) is 4.79 Å². The molecular formula is C12H27IN4O2. The number of carbonyl (C=O) groups excluding carboxylic acids is 1. The van der Waals surface area contributed by atoms with Crippen molar-refractivity contribution in [2.75, 3.05) is 39.9 Å². The van der Waals surface area contributed by atoms with E-state index in [1.54, 1.807) is 7.11 Å². The van der Waals surface area contributed by atoms with Gasteiger partial charge in [-0.05, 0) is 19.8 Å². The number of nitrogens with one attached hydrogen (secondary N) is 3. The first kappa shape index (κ1) is 20.7. The normalized spacial score (nSPS) is 10.6. The lowest BCUT2D eigenvalue weighted by Gasteiger charge is -2.10. The molecular weight excluding hydrogens is 359 g/mol. The number of rotatable bonds is 9. The van der Waals surface area contributed by atoms with Crippen LogP contribution in [0.3, 0.4) is 0 Å². The van der Waals surface area contributed by atoms with Crippen molar-refractivity contribution in [1.29, 1.82) is 0 Å². The molecule has 6 nitrogen and oxygen atoms in total. The first-order valence-corrected chi connectivity index (χ1v) is 6.52. The summed E-state index contributed by atoms with van der Waals surface area (Å²) in [5.74, 6) is 0.617. The summed E-state index contributed by atoms with van der Waals surface area (Å²) in [5.41, 5.74) is 0. The van der Waals surface area contributed by atoms with E-state index in [1.807, 2.05) is 13.8 Å². The highest BCUT2D eigenvalue weighted by molar-refractivity contribution is 14.0. The minimum Gasteiger partial charge on any atom is -0.385 e. The molecule has 114 valence electrons. The Hall–Kier alpha value is -0.570. The molecule has 0 aliphatic rings. The van der Waals surface area contributed by atoms with E-state index >= 15 is 0 Å². The summed E-state index contributed by atoms with van der Waals surface area (Å²) >= 11 is 0. The summed E-state index contributed by atoms with van der Waals surface area (Å²) in [5, 5.41) is 9.02. The molecule has 7 heteroatoms. The van der Waals surface area contributed by atoms with Crippen LogP contribution in [0.4, 0.5) is 0 Å². The van der Waals surface area contributed by atoms with E-state index in [2.05, 4.69) is 20.9 Å². The van der Waals surface area contributed by atoms with Gasteiger partial charge in [0.2, 0.25) is 5.91 Å². The number of carbonyl (C=O) groups is 1. The van der Waals surface area contributed by atoms with Crippen LogP contribution in [-0.4, -0.2) is 51.8 Å². The third kappa shape index (κ3) is 13.7. The molecule has 0 heterocycles. The van der Waals surface area contributed by atoms with Crippen molar-refractivity contribution in [2.24, 2.45) is 4.99 Å². The Bertz CT molecular complexity index is 250. The van der Waals surface area contributed by atoms with Crippen LogP contribution in [0.15, 0.2) is 4.99 Å². The van der Waals surface area contributed by atoms with E-state index in [1.165, 1.54) is 0 Å². The van der Waals surface area contributed by atoms with E-state index in [0.29, 0.717) is 19.1 Å². The van der Waals surface area contributed by atoms with Gasteiger partial charge in [0.05, 0.1) is 0 Å². The lowest BCUT2D eigenvalue weighted by atomic mass is 10.4. The second kappa shape index (κ2) is 15.5. The molecule has 0 fully saturated rings. The largest absolute Gasteiger partial charge is 0.385 e. The fraction of sp³-hybridized carbons (Fsp3) is 0.833. The Morgan fingerprint density at radius 1 is 1.16 bits per heavy atom. The Morgan fingerprint density at radius 2 is 1.89 bits per heavy atom. The van der Waals surface area contributed by atoms with Crippen LogP contribution in [0, 0.1) is 0 Å². The Balaban J connectivity index is 0. The molecule has 0 radical (unpaired) electrons. The molecule has 0 aromatic rings. The SMILES string of the molecule is CCCNC(=O)CN=C(NCC)NCCCOC.I. The average molecular weight is 386 g/mol. The van der Waals surface area contributed by atoms with Crippen molar-refractivity contribution >= 4 is 35.8 Å². The zero-order chi connectivity index (χ0) is 13.6. The van der Waals surface area contributed by atoms with Gasteiger partial charge in [-0.25, -0.2) is 4.99 Å². The monoisotopic (exact) mass is 386 g/mol. The van der Waals surface area contributed by atoms with E-state index < -0.39 is 0 Å². The molecule has 0 aromatic heterocycles. The molecule has 0 spiro atoms. The van der Waals surface area contributed by atoms with Gasteiger partial charge in [-0.15, -0.1) is 24.0 Å². The van der Waals surface area contributed by atoms with Crippen LogP contribution in [0.2, 0.25) is 0 Å². The standard InChI is InChI=1S/C12H26N4O2.HI/c1-4-7-14-11(17)10-16-12(13-5-2)15-8-6-9-18-3;/h4-10H2,1-3H3,(H,14,17)(H2,13,15,16);1H. The minimum atomic E-state index is -0.0501. The molecule has 0 atom stereocenters. The number of nitrogens with zero attached hydrogens (tertiary/aromatic N) is 1. The average Bonchev–Trinajstić information content (AvgIpc) is 2.38. The first-order valence-electron chi connectivity index (χ1n) is 6.52. The Labute approximate surface area is 133 Å². The fourth-order valence-electron chi connectivity index (χ4n) is 1.24. The third-order valence-corrected chi connectivity index (χ3v) is 2.11. The summed E-state index contributed by atoms with van der Waals surface area (Å²) in [6.07, 6.45) is 1.84. The van der Waals surface area contributed by atoms with Gasteiger partial charge in [0.1, 0.15) is 6.54 Å². The van der Waals surface area contributed by atoms with Crippen LogP contribution in [-0.2, 0) is 9.53 Å². The maximum Gasteiger partial charge on any atom is 0.241 e. The van der Waals surface area contributed by atoms with Gasteiger partial charge in [0.25, 0.3) is 0 Å². The predicted octanol–water partition coefficient (Wildman–Crippen LogP) is 0.722. The van der Waals surface area contributed by atoms with Crippen LogP contribution in [0.1, 0.15) is 26.7 Å². The fourth-order valence-corrected chi connectivity index (χ4v) is 1.24. The maximum absolute atomic E-state index is 11.4. The number of hydrogen-bond donors (Lipinski definition) is 3. The van der Waals surface area contributed by atoms with Crippen LogP contribution in [0.5, 0.6) is 0 Å². The number of ether oxygens (including phenoxy) is 1. The molecule has 3 N–H and O–H groups in total. The van der Waals surface area contributed by atoms with E-state index in [4.69, 9.17) is 4.74 Å². The molecule has 0 aromatic carbocycles. The van der Waals surface area contributed by atoms with Crippen molar-refractivity contribution in [2.45, 2.75) is 26.7 Å². The second-order valence-corrected chi connectivity index (χ2v) is 3.82. The van der Waals surface area contributed by atoms with Gasteiger partial charge < -0.3 is 20.7 Å². The molecule has 1 amide bonds.